The Labute approximate surface area is 167 Å². The Morgan fingerprint density at radius 2 is 1.93 bits per heavy atom. The first kappa shape index (κ1) is 19.8. The highest BCUT2D eigenvalue weighted by Crippen LogP contribution is 2.27. The molecule has 0 saturated heterocycles. The fraction of sp³-hybridized carbons (Fsp3) is 0.0556. The average molecular weight is 423 g/mol. The summed E-state index contributed by atoms with van der Waals surface area (Å²) in [6, 6.07) is 9.10. The van der Waals surface area contributed by atoms with Crippen LogP contribution in [0.25, 0.3) is 0 Å². The van der Waals surface area contributed by atoms with Crippen molar-refractivity contribution in [1.29, 1.82) is 0 Å². The SMILES string of the molecule is Nc1nc(SCc2c(F)cccc2Cl)[nH]c(=O)c1NC(=O)c1ccc(F)cc1. The van der Waals surface area contributed by atoms with Gasteiger partial charge in [0, 0.05) is 21.9 Å². The maximum atomic E-state index is 13.8. The summed E-state index contributed by atoms with van der Waals surface area (Å²) in [6.45, 7) is 0. The van der Waals surface area contributed by atoms with Crippen LogP contribution in [0.3, 0.4) is 0 Å². The third kappa shape index (κ3) is 4.49. The third-order valence-electron chi connectivity index (χ3n) is 3.69. The van der Waals surface area contributed by atoms with Crippen molar-refractivity contribution in [3.05, 3.63) is 80.6 Å². The molecule has 0 unspecified atom stereocenters. The van der Waals surface area contributed by atoms with Crippen LogP contribution in [-0.2, 0) is 5.75 Å². The summed E-state index contributed by atoms with van der Waals surface area (Å²) in [4.78, 5) is 30.9. The van der Waals surface area contributed by atoms with Gasteiger partial charge in [0.25, 0.3) is 11.5 Å². The normalized spacial score (nSPS) is 10.7. The number of nitrogens with one attached hydrogen (secondary N) is 2. The van der Waals surface area contributed by atoms with Crippen LogP contribution in [0.1, 0.15) is 15.9 Å². The molecule has 0 radical (unpaired) electrons. The number of anilines is 2. The molecule has 0 spiro atoms. The van der Waals surface area contributed by atoms with Gasteiger partial charge in [-0.1, -0.05) is 29.4 Å². The fourth-order valence-corrected chi connectivity index (χ4v) is 3.47. The number of nitrogen functional groups attached to an aromatic ring is 1. The van der Waals surface area contributed by atoms with E-state index in [0.29, 0.717) is 0 Å². The van der Waals surface area contributed by atoms with Gasteiger partial charge in [0.15, 0.2) is 11.0 Å². The zero-order chi connectivity index (χ0) is 20.3. The van der Waals surface area contributed by atoms with E-state index in [2.05, 4.69) is 15.3 Å². The van der Waals surface area contributed by atoms with E-state index in [1.807, 2.05) is 0 Å². The lowest BCUT2D eigenvalue weighted by Gasteiger charge is -2.09. The second kappa shape index (κ2) is 8.41. The molecule has 0 aliphatic carbocycles. The Balaban J connectivity index is 1.76. The van der Waals surface area contributed by atoms with Crippen LogP contribution < -0.4 is 16.6 Å². The molecule has 0 aliphatic rings. The predicted molar refractivity (Wildman–Crippen MR) is 105 cm³/mol. The number of carbonyl (C=O) groups excluding carboxylic acids is 1. The van der Waals surface area contributed by atoms with Gasteiger partial charge in [-0.25, -0.2) is 13.8 Å². The number of amides is 1. The van der Waals surface area contributed by atoms with E-state index in [1.54, 1.807) is 6.07 Å². The molecule has 1 amide bonds. The van der Waals surface area contributed by atoms with E-state index in [0.717, 1.165) is 23.9 Å². The quantitative estimate of drug-likeness (QED) is 0.428. The molecule has 0 saturated carbocycles. The number of H-pyrrole nitrogens is 1. The molecule has 0 aliphatic heterocycles. The number of aromatic amines is 1. The second-order valence-electron chi connectivity index (χ2n) is 5.58. The zero-order valence-electron chi connectivity index (χ0n) is 14.1. The highest BCUT2D eigenvalue weighted by molar-refractivity contribution is 7.98. The van der Waals surface area contributed by atoms with Crippen LogP contribution in [0.2, 0.25) is 5.02 Å². The van der Waals surface area contributed by atoms with Crippen LogP contribution in [0.5, 0.6) is 0 Å². The number of halogens is 3. The standard InChI is InChI=1S/C18H13ClF2N4O2S/c19-12-2-1-3-13(21)11(12)8-28-18-24-15(22)14(17(27)25-18)23-16(26)9-4-6-10(20)7-5-9/h1-7H,8H2,(H,23,26)(H3,22,24,25,27). The number of aromatic nitrogens is 2. The molecule has 0 atom stereocenters. The van der Waals surface area contributed by atoms with Gasteiger partial charge in [-0.15, -0.1) is 0 Å². The Morgan fingerprint density at radius 1 is 1.21 bits per heavy atom. The van der Waals surface area contributed by atoms with Gasteiger partial charge in [-0.3, -0.25) is 14.6 Å². The minimum atomic E-state index is -0.676. The molecule has 6 nitrogen and oxygen atoms in total. The van der Waals surface area contributed by atoms with E-state index in [4.69, 9.17) is 17.3 Å². The Kier molecular flexibility index (Phi) is 5.96. The third-order valence-corrected chi connectivity index (χ3v) is 4.94. The average Bonchev–Trinajstić information content (AvgIpc) is 2.64. The summed E-state index contributed by atoms with van der Waals surface area (Å²) in [5, 5.41) is 2.75. The molecular weight excluding hydrogens is 410 g/mol. The molecule has 0 fully saturated rings. The van der Waals surface area contributed by atoms with Gasteiger partial charge in [0.2, 0.25) is 0 Å². The van der Waals surface area contributed by atoms with Crippen LogP contribution >= 0.6 is 23.4 Å². The smallest absolute Gasteiger partial charge is 0.277 e. The maximum absolute atomic E-state index is 13.8. The molecule has 1 heterocycles. The van der Waals surface area contributed by atoms with Crippen LogP contribution in [0.15, 0.2) is 52.4 Å². The summed E-state index contributed by atoms with van der Waals surface area (Å²) in [7, 11) is 0. The van der Waals surface area contributed by atoms with E-state index >= 15 is 0 Å². The molecule has 28 heavy (non-hydrogen) atoms. The van der Waals surface area contributed by atoms with Crippen molar-refractivity contribution in [2.24, 2.45) is 0 Å². The summed E-state index contributed by atoms with van der Waals surface area (Å²) in [6.07, 6.45) is 0. The minimum Gasteiger partial charge on any atom is -0.382 e. The number of hydrogen-bond donors (Lipinski definition) is 3. The predicted octanol–water partition coefficient (Wildman–Crippen LogP) is 3.83. The van der Waals surface area contributed by atoms with Gasteiger partial charge in [-0.05, 0) is 36.4 Å². The Morgan fingerprint density at radius 3 is 2.57 bits per heavy atom. The molecule has 3 rings (SSSR count). The monoisotopic (exact) mass is 422 g/mol. The molecule has 0 bridgehead atoms. The molecule has 1 aromatic heterocycles. The largest absolute Gasteiger partial charge is 0.382 e. The van der Waals surface area contributed by atoms with Gasteiger partial charge in [0.05, 0.1) is 0 Å². The number of thioether (sulfide) groups is 1. The van der Waals surface area contributed by atoms with Crippen molar-refractivity contribution in [2.45, 2.75) is 10.9 Å². The van der Waals surface area contributed by atoms with E-state index in [1.165, 1.54) is 24.3 Å². The molecule has 3 aromatic rings. The Hall–Kier alpha value is -2.91. The second-order valence-corrected chi connectivity index (χ2v) is 6.95. The lowest BCUT2D eigenvalue weighted by atomic mass is 10.2. The van der Waals surface area contributed by atoms with Gasteiger partial charge in [0.1, 0.15) is 17.3 Å². The number of rotatable bonds is 5. The van der Waals surface area contributed by atoms with Crippen molar-refractivity contribution in [3.63, 3.8) is 0 Å². The topological polar surface area (TPSA) is 101 Å². The van der Waals surface area contributed by atoms with Crippen LogP contribution in [-0.4, -0.2) is 15.9 Å². The summed E-state index contributed by atoms with van der Waals surface area (Å²) >= 11 is 7.00. The number of carbonyl (C=O) groups is 1. The van der Waals surface area contributed by atoms with Crippen molar-refractivity contribution >= 4 is 40.8 Å². The number of benzene rings is 2. The molecule has 2 aromatic carbocycles. The highest BCUT2D eigenvalue weighted by atomic mass is 35.5. The summed E-state index contributed by atoms with van der Waals surface area (Å²) in [5.41, 5.74) is 5.29. The van der Waals surface area contributed by atoms with E-state index in [9.17, 15) is 18.4 Å². The summed E-state index contributed by atoms with van der Waals surface area (Å²) < 4.78 is 26.8. The maximum Gasteiger partial charge on any atom is 0.277 e. The number of nitrogens with two attached hydrogens (primary N) is 1. The molecule has 10 heteroatoms. The first-order chi connectivity index (χ1) is 13.3. The molecule has 4 N–H and O–H groups in total. The molecular formula is C18H13ClF2N4O2S. The van der Waals surface area contributed by atoms with Crippen molar-refractivity contribution in [1.82, 2.24) is 9.97 Å². The lowest BCUT2D eigenvalue weighted by Crippen LogP contribution is -2.23. The fourth-order valence-electron chi connectivity index (χ4n) is 2.26. The lowest BCUT2D eigenvalue weighted by molar-refractivity contribution is 0.102. The van der Waals surface area contributed by atoms with Gasteiger partial charge in [-0.2, -0.15) is 0 Å². The first-order valence-corrected chi connectivity index (χ1v) is 9.24. The highest BCUT2D eigenvalue weighted by Gasteiger charge is 2.15. The first-order valence-electron chi connectivity index (χ1n) is 7.87. The zero-order valence-corrected chi connectivity index (χ0v) is 15.7. The van der Waals surface area contributed by atoms with E-state index in [-0.39, 0.29) is 38.6 Å². The minimum absolute atomic E-state index is 0.120. The van der Waals surface area contributed by atoms with Crippen molar-refractivity contribution < 1.29 is 13.6 Å². The van der Waals surface area contributed by atoms with Gasteiger partial charge >= 0.3 is 0 Å². The van der Waals surface area contributed by atoms with Crippen LogP contribution in [0.4, 0.5) is 20.3 Å². The van der Waals surface area contributed by atoms with E-state index < -0.39 is 23.1 Å². The number of hydrogen-bond acceptors (Lipinski definition) is 5. The van der Waals surface area contributed by atoms with Gasteiger partial charge < -0.3 is 11.1 Å². The van der Waals surface area contributed by atoms with Crippen LogP contribution in [0, 0.1) is 11.6 Å². The number of nitrogens with zero attached hydrogens (tertiary/aromatic N) is 1. The van der Waals surface area contributed by atoms with Crippen molar-refractivity contribution in [2.75, 3.05) is 11.1 Å². The summed E-state index contributed by atoms with van der Waals surface area (Å²) in [5.74, 6) is -1.70. The van der Waals surface area contributed by atoms with Crippen molar-refractivity contribution in [3.8, 4) is 0 Å². The molecule has 144 valence electrons. The Bertz CT molecular complexity index is 1070.